The van der Waals surface area contributed by atoms with E-state index in [4.69, 9.17) is 4.74 Å². The molecule has 0 fully saturated rings. The van der Waals surface area contributed by atoms with Crippen LogP contribution in [0.15, 0.2) is 47.8 Å². The lowest BCUT2D eigenvalue weighted by Crippen LogP contribution is -2.23. The predicted molar refractivity (Wildman–Crippen MR) is 124 cm³/mol. The first-order valence-corrected chi connectivity index (χ1v) is 11.8. The number of rotatable bonds is 6. The number of aromatic nitrogens is 2. The van der Waals surface area contributed by atoms with E-state index in [0.29, 0.717) is 10.6 Å². The Kier molecular flexibility index (Phi) is 6.67. The monoisotopic (exact) mass is 453 g/mol. The van der Waals surface area contributed by atoms with Crippen LogP contribution in [0.4, 0.5) is 5.00 Å². The van der Waals surface area contributed by atoms with Crippen LogP contribution in [0.5, 0.6) is 0 Å². The van der Waals surface area contributed by atoms with Crippen molar-refractivity contribution in [3.8, 4) is 11.3 Å². The zero-order valence-electron chi connectivity index (χ0n) is 17.4. The Bertz CT molecular complexity index is 1100. The average Bonchev–Trinajstić information content (AvgIpc) is 3.17. The number of methoxy groups -OCH3 is 1. The molecule has 1 aliphatic rings. The Morgan fingerprint density at radius 3 is 2.71 bits per heavy atom. The van der Waals surface area contributed by atoms with Gasteiger partial charge in [0.1, 0.15) is 16.4 Å². The summed E-state index contributed by atoms with van der Waals surface area (Å²) in [4.78, 5) is 35.1. The van der Waals surface area contributed by atoms with E-state index in [2.05, 4.69) is 15.3 Å². The molecular formula is C23H23N3O3S2. The number of hydrogen-bond donors (Lipinski definition) is 1. The molecule has 31 heavy (non-hydrogen) atoms. The first-order chi connectivity index (χ1) is 15.1. The molecule has 3 aromatic rings. The number of ether oxygens (including phenoxy) is 1. The smallest absolute Gasteiger partial charge is 0.341 e. The number of thiophene rings is 1. The van der Waals surface area contributed by atoms with Crippen molar-refractivity contribution >= 4 is 40.0 Å². The first kappa shape index (κ1) is 21.5. The van der Waals surface area contributed by atoms with Crippen LogP contribution in [0.2, 0.25) is 0 Å². The van der Waals surface area contributed by atoms with Gasteiger partial charge >= 0.3 is 5.97 Å². The van der Waals surface area contributed by atoms with Gasteiger partial charge in [-0.3, -0.25) is 4.79 Å². The molecule has 0 bridgehead atoms. The molecule has 1 aromatic carbocycles. The van der Waals surface area contributed by atoms with Crippen molar-refractivity contribution < 1.29 is 14.3 Å². The molecule has 1 unspecified atom stereocenters. The molecule has 0 spiro atoms. The van der Waals surface area contributed by atoms with Crippen molar-refractivity contribution in [2.24, 2.45) is 0 Å². The van der Waals surface area contributed by atoms with Gasteiger partial charge in [0, 0.05) is 10.4 Å². The minimum Gasteiger partial charge on any atom is -0.465 e. The van der Waals surface area contributed by atoms with Crippen LogP contribution < -0.4 is 5.32 Å². The molecule has 0 saturated carbocycles. The fourth-order valence-electron chi connectivity index (χ4n) is 3.59. The number of anilines is 1. The summed E-state index contributed by atoms with van der Waals surface area (Å²) in [5.74, 6) is -0.563. The highest BCUT2D eigenvalue weighted by Crippen LogP contribution is 2.39. The Hall–Kier alpha value is -2.71. The van der Waals surface area contributed by atoms with E-state index in [1.165, 1.54) is 41.4 Å². The fourth-order valence-corrected chi connectivity index (χ4v) is 5.69. The van der Waals surface area contributed by atoms with Crippen molar-refractivity contribution in [1.82, 2.24) is 9.97 Å². The van der Waals surface area contributed by atoms with Crippen molar-refractivity contribution in [2.75, 3.05) is 12.4 Å². The maximum absolute atomic E-state index is 12.9. The van der Waals surface area contributed by atoms with Gasteiger partial charge in [0.15, 0.2) is 0 Å². The molecule has 0 saturated heterocycles. The highest BCUT2D eigenvalue weighted by atomic mass is 32.2. The largest absolute Gasteiger partial charge is 0.465 e. The van der Waals surface area contributed by atoms with Crippen LogP contribution in [-0.2, 0) is 22.4 Å². The molecule has 0 radical (unpaired) electrons. The zero-order chi connectivity index (χ0) is 21.8. The summed E-state index contributed by atoms with van der Waals surface area (Å²) in [6.07, 6.45) is 5.45. The molecular weight excluding hydrogens is 430 g/mol. The molecule has 160 valence electrons. The van der Waals surface area contributed by atoms with Gasteiger partial charge < -0.3 is 10.1 Å². The third-order valence-electron chi connectivity index (χ3n) is 5.18. The minimum atomic E-state index is -0.400. The number of carbonyl (C=O) groups excluding carboxylic acids is 2. The molecule has 1 atom stereocenters. The van der Waals surface area contributed by atoms with Gasteiger partial charge in [-0.1, -0.05) is 42.1 Å². The fraction of sp³-hybridized carbons (Fsp3) is 0.304. The standard InChI is InChI=1S/C23H23N3O3S2/c1-14(30-19-12-17(24-13-25-19)15-8-4-3-5-9-15)21(27)26-22-20(23(28)29-2)16-10-6-7-11-18(16)31-22/h3-5,8-9,12-14H,6-7,10-11H2,1-2H3,(H,26,27). The van der Waals surface area contributed by atoms with E-state index in [1.807, 2.05) is 43.3 Å². The molecule has 2 heterocycles. The van der Waals surface area contributed by atoms with Gasteiger partial charge in [0.25, 0.3) is 0 Å². The number of hydrogen-bond acceptors (Lipinski definition) is 7. The van der Waals surface area contributed by atoms with Gasteiger partial charge in [0.05, 0.1) is 23.6 Å². The van der Waals surface area contributed by atoms with Crippen LogP contribution >= 0.6 is 23.1 Å². The lowest BCUT2D eigenvalue weighted by Gasteiger charge is -2.13. The average molecular weight is 454 g/mol. The van der Waals surface area contributed by atoms with Crippen LogP contribution in [0.1, 0.15) is 40.6 Å². The van der Waals surface area contributed by atoms with Gasteiger partial charge in [0.2, 0.25) is 5.91 Å². The molecule has 8 heteroatoms. The van der Waals surface area contributed by atoms with Crippen molar-refractivity contribution in [2.45, 2.75) is 42.9 Å². The van der Waals surface area contributed by atoms with Crippen molar-refractivity contribution in [3.63, 3.8) is 0 Å². The third-order valence-corrected chi connectivity index (χ3v) is 7.42. The highest BCUT2D eigenvalue weighted by molar-refractivity contribution is 8.00. The number of thioether (sulfide) groups is 1. The zero-order valence-corrected chi connectivity index (χ0v) is 19.0. The Balaban J connectivity index is 1.50. The second kappa shape index (κ2) is 9.62. The Labute approximate surface area is 189 Å². The lowest BCUT2D eigenvalue weighted by atomic mass is 9.95. The number of amides is 1. The number of nitrogens with zero attached hydrogens (tertiary/aromatic N) is 2. The Morgan fingerprint density at radius 2 is 1.94 bits per heavy atom. The SMILES string of the molecule is COC(=O)c1c(NC(=O)C(C)Sc2cc(-c3ccccc3)ncn2)sc2c1CCCC2. The second-order valence-electron chi connectivity index (χ2n) is 7.26. The lowest BCUT2D eigenvalue weighted by molar-refractivity contribution is -0.115. The summed E-state index contributed by atoms with van der Waals surface area (Å²) >= 11 is 2.85. The van der Waals surface area contributed by atoms with Crippen molar-refractivity contribution in [3.05, 3.63) is 58.7 Å². The minimum absolute atomic E-state index is 0.173. The van der Waals surface area contributed by atoms with E-state index in [1.54, 1.807) is 0 Å². The molecule has 6 nitrogen and oxygen atoms in total. The first-order valence-electron chi connectivity index (χ1n) is 10.1. The number of esters is 1. The molecule has 1 aliphatic carbocycles. The number of fused-ring (bicyclic) bond motifs is 1. The van der Waals surface area contributed by atoms with Crippen molar-refractivity contribution in [1.29, 1.82) is 0 Å². The maximum atomic E-state index is 12.9. The summed E-state index contributed by atoms with van der Waals surface area (Å²) in [5, 5.41) is 3.87. The second-order valence-corrected chi connectivity index (χ2v) is 9.73. The third kappa shape index (κ3) is 4.80. The number of benzene rings is 1. The topological polar surface area (TPSA) is 81.2 Å². The summed E-state index contributed by atoms with van der Waals surface area (Å²) in [6, 6.07) is 11.7. The quantitative estimate of drug-likeness (QED) is 0.322. The van der Waals surface area contributed by atoms with Gasteiger partial charge in [-0.2, -0.15) is 0 Å². The normalized spacial score (nSPS) is 13.9. The molecule has 1 N–H and O–H groups in total. The molecule has 1 amide bonds. The van der Waals surface area contributed by atoms with E-state index in [9.17, 15) is 9.59 Å². The molecule has 4 rings (SSSR count). The molecule has 0 aliphatic heterocycles. The van der Waals surface area contributed by atoms with Gasteiger partial charge in [-0.05, 0) is 44.2 Å². The van der Waals surface area contributed by atoms with Gasteiger partial charge in [-0.15, -0.1) is 11.3 Å². The molecule has 2 aromatic heterocycles. The summed E-state index contributed by atoms with van der Waals surface area (Å²) in [6.45, 7) is 1.83. The van der Waals surface area contributed by atoms with E-state index < -0.39 is 11.2 Å². The van der Waals surface area contributed by atoms with Gasteiger partial charge in [-0.25, -0.2) is 14.8 Å². The predicted octanol–water partition coefficient (Wildman–Crippen LogP) is 4.99. The number of carbonyl (C=O) groups is 2. The summed E-state index contributed by atoms with van der Waals surface area (Å²) < 4.78 is 4.99. The van der Waals surface area contributed by atoms with Crippen LogP contribution in [-0.4, -0.2) is 34.2 Å². The van der Waals surface area contributed by atoms with E-state index in [-0.39, 0.29) is 5.91 Å². The van der Waals surface area contributed by atoms with E-state index in [0.717, 1.165) is 47.5 Å². The maximum Gasteiger partial charge on any atom is 0.341 e. The summed E-state index contributed by atoms with van der Waals surface area (Å²) in [7, 11) is 1.37. The Morgan fingerprint density at radius 1 is 1.16 bits per heavy atom. The van der Waals surface area contributed by atoms with Crippen LogP contribution in [0, 0.1) is 0 Å². The van der Waals surface area contributed by atoms with Crippen LogP contribution in [0.3, 0.4) is 0 Å². The number of aryl methyl sites for hydroxylation is 1. The summed E-state index contributed by atoms with van der Waals surface area (Å²) in [5.41, 5.74) is 3.35. The van der Waals surface area contributed by atoms with E-state index >= 15 is 0 Å². The van der Waals surface area contributed by atoms with Crippen LogP contribution in [0.25, 0.3) is 11.3 Å². The highest BCUT2D eigenvalue weighted by Gasteiger charge is 2.28. The number of nitrogens with one attached hydrogen (secondary N) is 1.